The molecule has 0 aromatic heterocycles. The van der Waals surface area contributed by atoms with E-state index in [9.17, 15) is 82.1 Å². The average Bonchev–Trinajstić information content (AvgIpc) is 0.867. The Bertz CT molecular complexity index is 4340. The number of aliphatic carboxylic acids is 4. The molecule has 0 aliphatic rings. The van der Waals surface area contributed by atoms with Gasteiger partial charge < -0.3 is 72.2 Å². The van der Waals surface area contributed by atoms with Gasteiger partial charge in [-0.25, -0.2) is 24.0 Å². The number of methoxy groups -OCH3 is 3. The van der Waals surface area contributed by atoms with E-state index in [-0.39, 0.29) is 139 Å². The third-order valence-electron chi connectivity index (χ3n) is 18.7. The van der Waals surface area contributed by atoms with Crippen LogP contribution in [0.5, 0.6) is 0 Å². The van der Waals surface area contributed by atoms with Crippen LogP contribution in [0, 0.1) is 53.3 Å². The van der Waals surface area contributed by atoms with E-state index in [1.165, 1.54) is 49.0 Å². The van der Waals surface area contributed by atoms with Crippen LogP contribution in [0.15, 0.2) is 194 Å². The first kappa shape index (κ1) is 140. The number of carbonyl (C=O) groups is 15. The maximum absolute atomic E-state index is 12.7. The van der Waals surface area contributed by atoms with E-state index in [1.807, 2.05) is 244 Å². The molecule has 37 heteroatoms. The quantitative estimate of drug-likeness (QED) is 0.00555. The standard InChI is InChI=1S/C19H27NO4S.C18H25NO4S.2C16H23NO3S.C12H14O3S.C10H10O2.C7H15NO2.C2H4OS.CH4O.ClH.Na.H2O/c1-13(2)10-17(19(23)24-4)20-18(22)16(12-25-14(3)21)11-15-8-6-5-7-9-15;1-4-8-16(18(22)23-3)19-17(21)15(12-24-13(2)20)11-14-9-6-5-7-10-14;2*1-11(2)8-14(16(19)20)17-15(18)13(10-21)9-12-6-4-3-5-7-12;1-9(13)16-8-11(12(14)15)7-10-5-3-2-4-6-10;1-8(10(11)12)7-9-5-3-2-4-6-9;1-5(2)4-6(8)7(9)10-3;1-2(3)4;1-2;;;/h5-9,13,16-17H,10-12H2,1-4H3,(H,20,22);5-7,9-10,15-16H,4,8,11-12H2,1-3H3,(H,19,21);2*3-7,11,13-14,21H,8-10H2,1-2H3,(H,17,18)(H,19,20);2-6,11H,7-8H2,1H3,(H,14,15);2-6H,1,7H2,(H,11,12);5-6H,4,8H2,1-3H3;1H3,(H,3,4);2H,1H3;1H;;1H2/q;;;;;;;;;;+1;/p-1/t16-,17+;15-,16-;13-,14+;13-,14-;;;6-;;;;;/m1010..0...../s1. The number of carboxylic acids is 4. The van der Waals surface area contributed by atoms with Crippen LogP contribution in [0.1, 0.15) is 162 Å². The van der Waals surface area contributed by atoms with Crippen molar-refractivity contribution in [1.82, 2.24) is 21.3 Å². The molecule has 1 unspecified atom stereocenters. The van der Waals surface area contributed by atoms with Gasteiger partial charge in [0, 0.05) is 75.6 Å². The van der Waals surface area contributed by atoms with Gasteiger partial charge >= 0.3 is 71.3 Å². The van der Waals surface area contributed by atoms with Crippen molar-refractivity contribution < 1.29 is 147 Å². The third kappa shape index (κ3) is 72.4. The number of hydrogen-bond acceptors (Lipinski definition) is 26. The molecule has 6 aromatic rings. The van der Waals surface area contributed by atoms with Gasteiger partial charge in [0.25, 0.3) is 0 Å². The van der Waals surface area contributed by atoms with Crippen LogP contribution in [0.4, 0.5) is 0 Å². The monoisotopic (exact) mass is 2060 g/mol. The minimum absolute atomic E-state index is 0. The minimum Gasteiger partial charge on any atom is -0.870 e. The number of benzene rings is 6. The number of halogens is 1. The van der Waals surface area contributed by atoms with Crippen molar-refractivity contribution in [3.8, 4) is 0 Å². The Hall–Kier alpha value is -8.82. The van der Waals surface area contributed by atoms with E-state index in [4.69, 9.17) is 30.5 Å². The van der Waals surface area contributed by atoms with Gasteiger partial charge in [-0.2, -0.15) is 25.3 Å². The van der Waals surface area contributed by atoms with Crippen molar-refractivity contribution in [3.05, 3.63) is 228 Å². The molecule has 29 nitrogen and oxygen atoms in total. The summed E-state index contributed by atoms with van der Waals surface area (Å²) < 4.78 is 14.0. The zero-order valence-corrected chi connectivity index (χ0v) is 90.7. The number of hydrogen-bond donors (Lipinski definition) is 13. The Morgan fingerprint density at radius 1 is 0.377 bits per heavy atom. The first-order valence-electron chi connectivity index (χ1n) is 44.1. The number of carboxylic acid groups (broad SMARTS) is 4. The summed E-state index contributed by atoms with van der Waals surface area (Å²) in [5.41, 5.74) is 11.8. The zero-order valence-electron chi connectivity index (χ0n) is 82.7. The molecule has 0 spiro atoms. The molecule has 0 fully saturated rings. The van der Waals surface area contributed by atoms with Gasteiger partial charge in [-0.1, -0.05) is 293 Å². The van der Waals surface area contributed by atoms with Crippen molar-refractivity contribution in [2.75, 3.05) is 57.2 Å². The van der Waals surface area contributed by atoms with E-state index in [1.54, 1.807) is 0 Å². The number of carbonyl (C=O) groups excluding carboxylic acids is 11. The second-order valence-electron chi connectivity index (χ2n) is 32.5. The van der Waals surface area contributed by atoms with E-state index in [2.05, 4.69) is 70.5 Å². The summed E-state index contributed by atoms with van der Waals surface area (Å²) in [6, 6.07) is 54.0. The number of aliphatic hydroxyl groups excluding tert-OH is 1. The molecule has 0 radical (unpaired) electrons. The molecule has 6 aromatic carbocycles. The molecular weight excluding hydrogens is 1920 g/mol. The topological polar surface area (TPSA) is 489 Å². The molecule has 764 valence electrons. The fourth-order valence-electron chi connectivity index (χ4n) is 12.0. The molecule has 6 rings (SSSR count). The molecule has 0 saturated heterocycles. The molecule has 4 amide bonds. The Balaban J connectivity index is -0.000000369. The summed E-state index contributed by atoms with van der Waals surface area (Å²) in [7, 11) is 4.97. The number of rotatable bonds is 45. The van der Waals surface area contributed by atoms with Gasteiger partial charge in [0.05, 0.1) is 50.9 Å². The molecule has 0 aliphatic carbocycles. The van der Waals surface area contributed by atoms with Crippen LogP contribution in [0.2, 0.25) is 0 Å². The molecule has 0 bridgehead atoms. The number of aliphatic hydroxyl groups is 1. The Morgan fingerprint density at radius 2 is 0.609 bits per heavy atom. The Morgan fingerprint density at radius 3 is 0.848 bits per heavy atom. The molecular formula is C101H147ClN5NaO24S6. The summed E-state index contributed by atoms with van der Waals surface area (Å²) in [5.74, 6) is -4.91. The van der Waals surface area contributed by atoms with Crippen LogP contribution in [-0.2, 0) is 125 Å². The predicted octanol–water partition coefficient (Wildman–Crippen LogP) is 12.1. The number of nitrogens with one attached hydrogen (secondary N) is 4. The maximum atomic E-state index is 12.7. The van der Waals surface area contributed by atoms with E-state index in [0.29, 0.717) is 105 Å². The van der Waals surface area contributed by atoms with Crippen molar-refractivity contribution in [1.29, 1.82) is 0 Å². The average molecular weight is 2070 g/mol. The van der Waals surface area contributed by atoms with Crippen LogP contribution < -0.4 is 56.6 Å². The van der Waals surface area contributed by atoms with Crippen LogP contribution in [-0.4, -0.2) is 204 Å². The number of thiol groups is 3. The van der Waals surface area contributed by atoms with Gasteiger partial charge in [-0.3, -0.25) is 47.9 Å². The molecule has 0 heterocycles. The fourth-order valence-corrected chi connectivity index (χ4v) is 14.7. The Labute approximate surface area is 873 Å². The molecule has 0 aliphatic heterocycles. The smallest absolute Gasteiger partial charge is 0.870 e. The van der Waals surface area contributed by atoms with Gasteiger partial charge in [0.2, 0.25) is 23.6 Å². The summed E-state index contributed by atoms with van der Waals surface area (Å²) >= 11 is 15.1. The number of ether oxygens (including phenoxy) is 3. The summed E-state index contributed by atoms with van der Waals surface area (Å²) in [5, 5.41) is 53.5. The van der Waals surface area contributed by atoms with Crippen molar-refractivity contribution in [2.24, 2.45) is 59.0 Å². The van der Waals surface area contributed by atoms with Crippen molar-refractivity contribution in [3.63, 3.8) is 0 Å². The van der Waals surface area contributed by atoms with Crippen molar-refractivity contribution >= 4 is 171 Å². The summed E-state index contributed by atoms with van der Waals surface area (Å²) in [6.45, 7) is 26.9. The number of thioether (sulfide) groups is 3. The molecule has 12 N–H and O–H groups in total. The van der Waals surface area contributed by atoms with Gasteiger partial charge in [0.1, 0.15) is 30.2 Å². The number of amides is 4. The van der Waals surface area contributed by atoms with Crippen molar-refractivity contribution in [2.45, 2.75) is 197 Å². The predicted molar refractivity (Wildman–Crippen MR) is 557 cm³/mol. The van der Waals surface area contributed by atoms with Gasteiger partial charge in [-0.15, -0.1) is 25.0 Å². The first-order valence-corrected chi connectivity index (χ1v) is 48.7. The van der Waals surface area contributed by atoms with Gasteiger partial charge in [-0.05, 0) is 121 Å². The minimum atomic E-state index is -0.991. The summed E-state index contributed by atoms with van der Waals surface area (Å²) in [4.78, 5) is 171. The first-order chi connectivity index (χ1) is 63.8. The van der Waals surface area contributed by atoms with Gasteiger partial charge in [0.15, 0.2) is 20.5 Å². The van der Waals surface area contributed by atoms with E-state index >= 15 is 0 Å². The Kier molecular flexibility index (Phi) is 86.2. The maximum Gasteiger partial charge on any atom is 1.00 e. The van der Waals surface area contributed by atoms with E-state index in [0.717, 1.165) is 82.2 Å². The zero-order chi connectivity index (χ0) is 103. The van der Waals surface area contributed by atoms with Crippen LogP contribution in [0.25, 0.3) is 0 Å². The molecule has 10 atom stereocenters. The third-order valence-corrected chi connectivity index (χ3v) is 22.5. The summed E-state index contributed by atoms with van der Waals surface area (Å²) in [6.07, 6.45) is 6.36. The number of esters is 3. The molecule has 138 heavy (non-hydrogen) atoms. The normalized spacial score (nSPS) is 12.2. The fraction of sp³-hybridized carbons (Fsp3) is 0.475. The second kappa shape index (κ2) is 85.0. The van der Waals surface area contributed by atoms with Crippen LogP contribution in [0.3, 0.4) is 0 Å². The second-order valence-corrected chi connectivity index (χ2v) is 37.5. The van der Waals surface area contributed by atoms with E-state index < -0.39 is 77.9 Å². The SMILES string of the molecule is C=C(Cc1ccccc1)C(=O)O.CC(=O)S.CC(=O)SCC(Cc1ccccc1)C(=O)O.CC(C)C[C@H](NC(=O)[C@@H](CS)Cc1ccccc1)C(=O)O.CC(C)C[C@H](NC(=O)[C@H](CS)Cc1ccccc1)C(=O)O.CCC[C@H](NC(=O)[C@H](CSC(C)=O)Cc1ccccc1)C(=O)OC.CO.COC(=O)[C@@H](N)CC(C)C.COC(=O)[C@H](CC(C)C)NC(=O)[C@@H](CSC(C)=O)Cc1ccccc1.Cl.[Na+].[OH-]. The molecule has 0 saturated carbocycles. The number of nitrogens with two attached hydrogens (primary N) is 1. The van der Waals surface area contributed by atoms with Crippen LogP contribution >= 0.6 is 85.6 Å². The largest absolute Gasteiger partial charge is 1.00 e.